The zero-order valence-corrected chi connectivity index (χ0v) is 2.78. The van der Waals surface area contributed by atoms with Crippen LogP contribution in [0.1, 0.15) is 1.43 Å². The Morgan fingerprint density at radius 1 is 1.83 bits per heavy atom. The number of rotatable bonds is 0. The SMILES string of the molecule is N=C(N)N(F)F.[HH]. The van der Waals surface area contributed by atoms with Gasteiger partial charge in [0, 0.05) is 1.43 Å². The molecular weight excluding hydrogens is 92.0 g/mol. The van der Waals surface area contributed by atoms with E-state index in [2.05, 4.69) is 5.73 Å². The van der Waals surface area contributed by atoms with Gasteiger partial charge in [-0.15, -0.1) is 0 Å². The molecule has 3 N–H and O–H groups in total. The fourth-order valence-electron chi connectivity index (χ4n) is 0. The predicted molar refractivity (Wildman–Crippen MR) is 18.1 cm³/mol. The molecule has 0 aliphatic rings. The molecule has 0 radical (unpaired) electrons. The number of nitrogens with one attached hydrogen (secondary N) is 1. The Morgan fingerprint density at radius 3 is 2.00 bits per heavy atom. The number of nitrogens with two attached hydrogens (primary N) is 1. The van der Waals surface area contributed by atoms with Crippen LogP contribution in [-0.2, 0) is 0 Å². The maximum absolute atomic E-state index is 10.6. The Hall–Kier alpha value is -0.870. The van der Waals surface area contributed by atoms with Gasteiger partial charge >= 0.3 is 0 Å². The minimum atomic E-state index is -1.47. The molecule has 3 nitrogen and oxygen atoms in total. The van der Waals surface area contributed by atoms with Crippen molar-refractivity contribution in [1.82, 2.24) is 5.34 Å². The minimum absolute atomic E-state index is 0. The molecule has 0 atom stereocenters. The van der Waals surface area contributed by atoms with Gasteiger partial charge in [-0.1, -0.05) is 8.96 Å². The lowest BCUT2D eigenvalue weighted by atomic mass is 11.1. The lowest BCUT2D eigenvalue weighted by molar-refractivity contribution is -0.0762. The van der Waals surface area contributed by atoms with Crippen molar-refractivity contribution in [2.75, 3.05) is 0 Å². The Labute approximate surface area is 34.2 Å². The summed E-state index contributed by atoms with van der Waals surface area (Å²) in [6, 6.07) is 0. The molecule has 0 aliphatic carbocycles. The molecule has 0 rings (SSSR count). The van der Waals surface area contributed by atoms with Crippen molar-refractivity contribution < 1.29 is 10.4 Å². The fourth-order valence-corrected chi connectivity index (χ4v) is 0. The first-order valence-electron chi connectivity index (χ1n) is 1.10. The second-order valence-corrected chi connectivity index (χ2v) is 0.618. The number of guanidine groups is 1. The van der Waals surface area contributed by atoms with Gasteiger partial charge < -0.3 is 5.73 Å². The molecule has 0 heterocycles. The standard InChI is InChI=1S/CH3F2N3.H2/c2-6(3)1(4)5;/h(H3,4,5);1H. The van der Waals surface area contributed by atoms with Crippen LogP contribution in [0.4, 0.5) is 8.96 Å². The van der Waals surface area contributed by atoms with Gasteiger partial charge in [0.15, 0.2) is 0 Å². The quantitative estimate of drug-likeness (QED) is 0.257. The minimum Gasteiger partial charge on any atom is -0.366 e. The van der Waals surface area contributed by atoms with E-state index in [1.807, 2.05) is 0 Å². The third kappa shape index (κ3) is 1.45. The predicted octanol–water partition coefficient (Wildman–Crippen LogP) is 0.197. The Morgan fingerprint density at radius 2 is 2.00 bits per heavy atom. The summed E-state index contributed by atoms with van der Waals surface area (Å²) in [5.74, 6) is -1.24. The normalized spacial score (nSPS) is 7.67. The average molecular weight is 97.1 g/mol. The van der Waals surface area contributed by atoms with E-state index in [1.54, 1.807) is 0 Å². The summed E-state index contributed by atoms with van der Waals surface area (Å²) in [5.41, 5.74) is 4.19. The van der Waals surface area contributed by atoms with Gasteiger partial charge in [-0.25, -0.2) is 0 Å². The van der Waals surface area contributed by atoms with E-state index < -0.39 is 11.3 Å². The average Bonchev–Trinajstić information content (AvgIpc) is 1.36. The Kier molecular flexibility index (Phi) is 1.31. The van der Waals surface area contributed by atoms with Gasteiger partial charge in [0.25, 0.3) is 5.96 Å². The Bertz CT molecular complexity index is 64.0. The first-order valence-corrected chi connectivity index (χ1v) is 1.10. The highest BCUT2D eigenvalue weighted by atomic mass is 19.4. The van der Waals surface area contributed by atoms with E-state index in [-0.39, 0.29) is 1.43 Å². The van der Waals surface area contributed by atoms with Crippen LogP contribution in [0.25, 0.3) is 0 Å². The van der Waals surface area contributed by atoms with Crippen LogP contribution in [0.5, 0.6) is 0 Å². The van der Waals surface area contributed by atoms with Crippen molar-refractivity contribution in [3.8, 4) is 0 Å². The summed E-state index contributed by atoms with van der Waals surface area (Å²) < 4.78 is 21.3. The lowest BCUT2D eigenvalue weighted by Gasteiger charge is -1.91. The number of nitrogens with zero attached hydrogens (tertiary/aromatic N) is 1. The van der Waals surface area contributed by atoms with Crippen molar-refractivity contribution in [1.29, 1.82) is 5.41 Å². The van der Waals surface area contributed by atoms with Crippen LogP contribution in [0.2, 0.25) is 0 Å². The van der Waals surface area contributed by atoms with E-state index in [1.165, 1.54) is 0 Å². The van der Waals surface area contributed by atoms with E-state index in [4.69, 9.17) is 5.41 Å². The van der Waals surface area contributed by atoms with Gasteiger partial charge in [-0.2, -0.15) is 0 Å². The highest BCUT2D eigenvalue weighted by Gasteiger charge is 1.95. The van der Waals surface area contributed by atoms with Gasteiger partial charge in [-0.3, -0.25) is 5.41 Å². The molecule has 0 aromatic heterocycles. The van der Waals surface area contributed by atoms with E-state index >= 15 is 0 Å². The summed E-state index contributed by atoms with van der Waals surface area (Å²) in [7, 11) is 0. The van der Waals surface area contributed by atoms with E-state index in [0.717, 1.165) is 0 Å². The molecule has 0 saturated carbocycles. The summed E-state index contributed by atoms with van der Waals surface area (Å²) in [4.78, 5) is 0. The molecule has 0 spiro atoms. The maximum atomic E-state index is 10.6. The van der Waals surface area contributed by atoms with Crippen LogP contribution >= 0.6 is 0 Å². The third-order valence-electron chi connectivity index (χ3n) is 0.182. The van der Waals surface area contributed by atoms with Crippen molar-refractivity contribution in [3.05, 3.63) is 0 Å². The summed E-state index contributed by atoms with van der Waals surface area (Å²) in [6.07, 6.45) is 0. The third-order valence-corrected chi connectivity index (χ3v) is 0.182. The second kappa shape index (κ2) is 1.54. The molecule has 0 aromatic rings. The summed E-state index contributed by atoms with van der Waals surface area (Å²) in [6.45, 7) is 0. The van der Waals surface area contributed by atoms with Crippen LogP contribution in [-0.4, -0.2) is 11.3 Å². The first kappa shape index (κ1) is 5.13. The Balaban J connectivity index is 0. The molecule has 0 aliphatic heterocycles. The lowest BCUT2D eigenvalue weighted by Crippen LogP contribution is -2.21. The van der Waals surface area contributed by atoms with Crippen molar-refractivity contribution in [3.63, 3.8) is 0 Å². The first-order chi connectivity index (χ1) is 2.64. The van der Waals surface area contributed by atoms with Crippen molar-refractivity contribution >= 4 is 5.96 Å². The van der Waals surface area contributed by atoms with Crippen LogP contribution in [0.3, 0.4) is 0 Å². The molecule has 0 saturated heterocycles. The maximum Gasteiger partial charge on any atom is 0.252 e. The number of hydrogen-bond donors (Lipinski definition) is 2. The summed E-state index contributed by atoms with van der Waals surface area (Å²) in [5, 5.41) is 4.43. The van der Waals surface area contributed by atoms with Crippen molar-refractivity contribution in [2.24, 2.45) is 5.73 Å². The molecule has 38 valence electrons. The van der Waals surface area contributed by atoms with Gasteiger partial charge in [0.05, 0.1) is 0 Å². The van der Waals surface area contributed by atoms with E-state index in [9.17, 15) is 8.96 Å². The van der Waals surface area contributed by atoms with Crippen molar-refractivity contribution in [2.45, 2.75) is 0 Å². The number of hydrogen-bond acceptors (Lipinski definition) is 1. The van der Waals surface area contributed by atoms with Crippen LogP contribution in [0.15, 0.2) is 0 Å². The topological polar surface area (TPSA) is 53.1 Å². The molecule has 0 bridgehead atoms. The monoisotopic (exact) mass is 97.0 g/mol. The summed E-state index contributed by atoms with van der Waals surface area (Å²) >= 11 is 0. The smallest absolute Gasteiger partial charge is 0.252 e. The fraction of sp³-hybridized carbons (Fsp3) is 0. The van der Waals surface area contributed by atoms with Crippen LogP contribution in [0, 0.1) is 5.41 Å². The molecule has 0 fully saturated rings. The second-order valence-electron chi connectivity index (χ2n) is 0.618. The molecule has 0 unspecified atom stereocenters. The molecular formula is CH5F2N3. The largest absolute Gasteiger partial charge is 0.366 e. The van der Waals surface area contributed by atoms with E-state index in [0.29, 0.717) is 0 Å². The molecule has 0 aromatic carbocycles. The van der Waals surface area contributed by atoms with Gasteiger partial charge in [0.1, 0.15) is 0 Å². The highest BCUT2D eigenvalue weighted by Crippen LogP contribution is 1.81. The molecule has 6 heavy (non-hydrogen) atoms. The van der Waals surface area contributed by atoms with Gasteiger partial charge in [-0.05, 0) is 5.34 Å². The zero-order valence-electron chi connectivity index (χ0n) is 2.78. The molecule has 0 amide bonds. The van der Waals surface area contributed by atoms with Gasteiger partial charge in [0.2, 0.25) is 0 Å². The molecule has 5 heteroatoms. The zero-order chi connectivity index (χ0) is 5.15. The highest BCUT2D eigenvalue weighted by molar-refractivity contribution is 5.71. The van der Waals surface area contributed by atoms with Crippen LogP contribution < -0.4 is 5.73 Å². The number of halogens is 2.